The number of piperidine rings is 1. The molecule has 2 aromatic rings. The van der Waals surface area contributed by atoms with Gasteiger partial charge < -0.3 is 20.4 Å². The molecule has 2 N–H and O–H groups in total. The van der Waals surface area contributed by atoms with E-state index in [9.17, 15) is 4.79 Å². The van der Waals surface area contributed by atoms with Crippen molar-refractivity contribution >= 4 is 33.5 Å². The maximum atomic E-state index is 12.2. The fraction of sp³-hybridized carbons (Fsp3) is 0.500. The van der Waals surface area contributed by atoms with Gasteiger partial charge in [0.25, 0.3) is 0 Å². The molecular formula is C24H32BrN5O. The molecule has 166 valence electrons. The van der Waals surface area contributed by atoms with Gasteiger partial charge in [0, 0.05) is 55.6 Å². The number of hydrogen-bond acceptors (Lipinski definition) is 4. The molecule has 0 bridgehead atoms. The van der Waals surface area contributed by atoms with E-state index in [0.717, 1.165) is 54.4 Å². The van der Waals surface area contributed by atoms with E-state index in [4.69, 9.17) is 0 Å². The summed E-state index contributed by atoms with van der Waals surface area (Å²) in [4.78, 5) is 21.6. The molecule has 2 amide bonds. The number of hydrogen-bond donors (Lipinski definition) is 2. The predicted octanol–water partition coefficient (Wildman–Crippen LogP) is 4.41. The van der Waals surface area contributed by atoms with Crippen LogP contribution in [0, 0.1) is 11.8 Å². The molecule has 3 heterocycles. The lowest BCUT2D eigenvalue weighted by atomic mass is 9.99. The fourth-order valence-electron chi connectivity index (χ4n) is 4.33. The number of amides is 2. The normalized spacial score (nSPS) is 19.5. The first-order valence-corrected chi connectivity index (χ1v) is 12.1. The number of benzene rings is 1. The first-order chi connectivity index (χ1) is 15.1. The van der Waals surface area contributed by atoms with Crippen LogP contribution in [0.1, 0.15) is 31.7 Å². The average Bonchev–Trinajstić information content (AvgIpc) is 3.26. The number of anilines is 2. The summed E-state index contributed by atoms with van der Waals surface area (Å²) in [5.74, 6) is 2.32. The van der Waals surface area contributed by atoms with Crippen LogP contribution in [-0.2, 0) is 6.54 Å². The Balaban J connectivity index is 1.17. The standard InChI is InChI=1S/C24H32BrN5O/c1-18-7-10-29(11-8-18)23-6-5-19(14-26-23)15-27-24(31)28-16-20-9-12-30(17-20)22-4-2-3-21(25)13-22/h2-6,13-14,18,20H,7-12,15-17H2,1H3,(H2,27,28,31). The Bertz CT molecular complexity index is 867. The number of urea groups is 1. The number of carbonyl (C=O) groups is 1. The van der Waals surface area contributed by atoms with Gasteiger partial charge in [0.15, 0.2) is 0 Å². The third-order valence-electron chi connectivity index (χ3n) is 6.38. The zero-order chi connectivity index (χ0) is 21.6. The Morgan fingerprint density at radius 2 is 1.90 bits per heavy atom. The molecule has 0 saturated carbocycles. The van der Waals surface area contributed by atoms with Gasteiger partial charge in [-0.2, -0.15) is 0 Å². The fourth-order valence-corrected chi connectivity index (χ4v) is 4.72. The number of pyridine rings is 1. The largest absolute Gasteiger partial charge is 0.371 e. The van der Waals surface area contributed by atoms with Crippen molar-refractivity contribution in [3.05, 3.63) is 52.6 Å². The van der Waals surface area contributed by atoms with Crippen molar-refractivity contribution in [3.63, 3.8) is 0 Å². The van der Waals surface area contributed by atoms with Crippen LogP contribution in [0.2, 0.25) is 0 Å². The number of nitrogens with zero attached hydrogens (tertiary/aromatic N) is 3. The predicted molar refractivity (Wildman–Crippen MR) is 130 cm³/mol. The van der Waals surface area contributed by atoms with Crippen molar-refractivity contribution in [2.75, 3.05) is 42.5 Å². The Labute approximate surface area is 193 Å². The van der Waals surface area contributed by atoms with Gasteiger partial charge in [-0.05, 0) is 60.9 Å². The Hall–Kier alpha value is -2.28. The molecule has 31 heavy (non-hydrogen) atoms. The van der Waals surface area contributed by atoms with Gasteiger partial charge in [-0.15, -0.1) is 0 Å². The first kappa shape index (κ1) is 21.9. The maximum Gasteiger partial charge on any atom is 0.315 e. The third kappa shape index (κ3) is 6.12. The van der Waals surface area contributed by atoms with Crippen molar-refractivity contribution in [1.82, 2.24) is 15.6 Å². The monoisotopic (exact) mass is 485 g/mol. The first-order valence-electron chi connectivity index (χ1n) is 11.3. The molecule has 0 spiro atoms. The Morgan fingerprint density at radius 3 is 2.65 bits per heavy atom. The van der Waals surface area contributed by atoms with Gasteiger partial charge in [-0.1, -0.05) is 35.0 Å². The summed E-state index contributed by atoms with van der Waals surface area (Å²) < 4.78 is 1.10. The minimum absolute atomic E-state index is 0.116. The van der Waals surface area contributed by atoms with E-state index in [1.165, 1.54) is 18.5 Å². The maximum absolute atomic E-state index is 12.2. The van der Waals surface area contributed by atoms with E-state index in [0.29, 0.717) is 19.0 Å². The van der Waals surface area contributed by atoms with E-state index in [2.05, 4.69) is 78.6 Å². The second kappa shape index (κ2) is 10.4. The molecule has 1 aromatic heterocycles. The zero-order valence-corrected chi connectivity index (χ0v) is 19.8. The lowest BCUT2D eigenvalue weighted by Gasteiger charge is -2.31. The van der Waals surface area contributed by atoms with E-state index in [1.807, 2.05) is 12.3 Å². The summed E-state index contributed by atoms with van der Waals surface area (Å²) in [6, 6.07) is 12.4. The van der Waals surface area contributed by atoms with Gasteiger partial charge in [0.1, 0.15) is 5.82 Å². The second-order valence-electron chi connectivity index (χ2n) is 8.84. The summed E-state index contributed by atoms with van der Waals surface area (Å²) in [7, 11) is 0. The van der Waals surface area contributed by atoms with Crippen molar-refractivity contribution in [3.8, 4) is 0 Å². The highest BCUT2D eigenvalue weighted by Crippen LogP contribution is 2.26. The number of rotatable bonds is 6. The highest BCUT2D eigenvalue weighted by molar-refractivity contribution is 9.10. The molecule has 2 aliphatic heterocycles. The van der Waals surface area contributed by atoms with E-state index < -0.39 is 0 Å². The minimum Gasteiger partial charge on any atom is -0.371 e. The van der Waals surface area contributed by atoms with Gasteiger partial charge in [0.05, 0.1) is 0 Å². The lowest BCUT2D eigenvalue weighted by molar-refractivity contribution is 0.239. The molecule has 1 aromatic carbocycles. The molecule has 0 aliphatic carbocycles. The van der Waals surface area contributed by atoms with E-state index in [-0.39, 0.29) is 6.03 Å². The van der Waals surface area contributed by atoms with Crippen LogP contribution in [0.4, 0.5) is 16.3 Å². The van der Waals surface area contributed by atoms with Crippen LogP contribution in [0.15, 0.2) is 47.1 Å². The molecule has 1 unspecified atom stereocenters. The van der Waals surface area contributed by atoms with Gasteiger partial charge in [0.2, 0.25) is 0 Å². The van der Waals surface area contributed by atoms with Crippen molar-refractivity contribution < 1.29 is 4.79 Å². The van der Waals surface area contributed by atoms with Crippen molar-refractivity contribution in [1.29, 1.82) is 0 Å². The topological polar surface area (TPSA) is 60.5 Å². The van der Waals surface area contributed by atoms with E-state index in [1.54, 1.807) is 0 Å². The Morgan fingerprint density at radius 1 is 1.10 bits per heavy atom. The molecule has 6 nitrogen and oxygen atoms in total. The third-order valence-corrected chi connectivity index (χ3v) is 6.87. The summed E-state index contributed by atoms with van der Waals surface area (Å²) in [6.07, 6.45) is 5.42. The minimum atomic E-state index is -0.116. The summed E-state index contributed by atoms with van der Waals surface area (Å²) in [5.41, 5.74) is 2.25. The SMILES string of the molecule is CC1CCN(c2ccc(CNC(=O)NCC3CCN(c4cccc(Br)c4)C3)cn2)CC1. The number of carbonyl (C=O) groups excluding carboxylic acids is 1. The molecule has 7 heteroatoms. The molecule has 2 fully saturated rings. The van der Waals surface area contributed by atoms with Crippen LogP contribution in [0.25, 0.3) is 0 Å². The van der Waals surface area contributed by atoms with Crippen LogP contribution < -0.4 is 20.4 Å². The zero-order valence-electron chi connectivity index (χ0n) is 18.2. The van der Waals surface area contributed by atoms with Crippen LogP contribution in [0.3, 0.4) is 0 Å². The Kier molecular flexibility index (Phi) is 7.33. The van der Waals surface area contributed by atoms with Crippen molar-refractivity contribution in [2.24, 2.45) is 11.8 Å². The summed E-state index contributed by atoms with van der Waals surface area (Å²) in [5, 5.41) is 5.99. The van der Waals surface area contributed by atoms with Crippen LogP contribution in [0.5, 0.6) is 0 Å². The van der Waals surface area contributed by atoms with E-state index >= 15 is 0 Å². The number of aromatic nitrogens is 1. The molecule has 2 saturated heterocycles. The lowest BCUT2D eigenvalue weighted by Crippen LogP contribution is -2.38. The van der Waals surface area contributed by atoms with Gasteiger partial charge in [-0.25, -0.2) is 9.78 Å². The highest BCUT2D eigenvalue weighted by atomic mass is 79.9. The smallest absolute Gasteiger partial charge is 0.315 e. The molecule has 2 aliphatic rings. The molecule has 4 rings (SSSR count). The van der Waals surface area contributed by atoms with Crippen LogP contribution in [-0.4, -0.2) is 43.7 Å². The quantitative estimate of drug-likeness (QED) is 0.636. The van der Waals surface area contributed by atoms with Gasteiger partial charge >= 0.3 is 6.03 Å². The summed E-state index contributed by atoms with van der Waals surface area (Å²) in [6.45, 7) is 7.65. The number of nitrogens with one attached hydrogen (secondary N) is 2. The summed E-state index contributed by atoms with van der Waals surface area (Å²) >= 11 is 3.54. The average molecular weight is 486 g/mol. The molecule has 1 atom stereocenters. The number of halogens is 1. The van der Waals surface area contributed by atoms with Crippen LogP contribution >= 0.6 is 15.9 Å². The van der Waals surface area contributed by atoms with Crippen molar-refractivity contribution in [2.45, 2.75) is 32.7 Å². The second-order valence-corrected chi connectivity index (χ2v) is 9.75. The highest BCUT2D eigenvalue weighted by Gasteiger charge is 2.23. The molecular weight excluding hydrogens is 454 g/mol. The van der Waals surface area contributed by atoms with Gasteiger partial charge in [-0.3, -0.25) is 0 Å². The molecule has 0 radical (unpaired) electrons.